The number of aromatic nitrogens is 7. The fraction of sp³-hybridized carbons (Fsp3) is 0.229. The Morgan fingerprint density at radius 1 is 0.689 bits per heavy atom. The molecular formula is C35H39N8OOs. The van der Waals surface area contributed by atoms with Gasteiger partial charge in [0.15, 0.2) is 11.6 Å². The van der Waals surface area contributed by atoms with Crippen LogP contribution in [0.4, 0.5) is 0 Å². The van der Waals surface area contributed by atoms with E-state index in [1.165, 1.54) is 16.7 Å². The molecule has 1 radical (unpaired) electrons. The zero-order valence-electron chi connectivity index (χ0n) is 26.8. The smallest absolute Gasteiger partial charge is 0.479 e. The largest absolute Gasteiger partial charge is 1.00 e. The van der Waals surface area contributed by atoms with E-state index < -0.39 is 0 Å². The molecule has 5 heterocycles. The third kappa shape index (κ3) is 9.01. The first-order valence-electron chi connectivity index (χ1n) is 14.4. The fourth-order valence-electron chi connectivity index (χ4n) is 4.32. The van der Waals surface area contributed by atoms with Crippen LogP contribution in [0.3, 0.4) is 0 Å². The van der Waals surface area contributed by atoms with Gasteiger partial charge in [0.25, 0.3) is 0 Å². The van der Waals surface area contributed by atoms with E-state index >= 15 is 0 Å². The van der Waals surface area contributed by atoms with E-state index in [1.807, 2.05) is 90.8 Å². The molecule has 0 amide bonds. The molecule has 0 aliphatic rings. The second-order valence-electron chi connectivity index (χ2n) is 10.3. The normalized spacial score (nSPS) is 10.1. The summed E-state index contributed by atoms with van der Waals surface area (Å²) >= 11 is 0. The second kappa shape index (κ2) is 16.5. The molecule has 2 N–H and O–H groups in total. The van der Waals surface area contributed by atoms with E-state index in [1.54, 1.807) is 24.7 Å². The first-order valence-corrected chi connectivity index (χ1v) is 14.4. The van der Waals surface area contributed by atoms with Crippen molar-refractivity contribution < 1.29 is 24.5 Å². The van der Waals surface area contributed by atoms with Crippen LogP contribution < -0.4 is 10.5 Å². The van der Waals surface area contributed by atoms with Gasteiger partial charge in [-0.15, -0.1) is 35.4 Å². The van der Waals surface area contributed by atoms with Crippen LogP contribution in [0.25, 0.3) is 22.9 Å². The summed E-state index contributed by atoms with van der Waals surface area (Å²) in [7, 11) is 0. The van der Waals surface area contributed by atoms with Gasteiger partial charge in [0.1, 0.15) is 12.5 Å². The van der Waals surface area contributed by atoms with Crippen LogP contribution in [0.1, 0.15) is 39.5 Å². The Bertz CT molecular complexity index is 1710. The molecule has 6 aromatic rings. The van der Waals surface area contributed by atoms with Gasteiger partial charge < -0.3 is 9.72 Å². The van der Waals surface area contributed by atoms with Crippen LogP contribution in [0, 0.1) is 54.5 Å². The van der Waals surface area contributed by atoms with Crippen LogP contribution in [0.15, 0.2) is 85.3 Å². The predicted molar refractivity (Wildman–Crippen MR) is 174 cm³/mol. The maximum Gasteiger partial charge on any atom is 1.00 e. The van der Waals surface area contributed by atoms with Crippen molar-refractivity contribution >= 4 is 0 Å². The molecule has 10 heteroatoms. The topological polar surface area (TPSA) is 110 Å². The Hall–Kier alpha value is -4.51. The summed E-state index contributed by atoms with van der Waals surface area (Å²) in [6, 6.07) is 24.4. The molecule has 233 valence electrons. The molecule has 9 nitrogen and oxygen atoms in total. The summed E-state index contributed by atoms with van der Waals surface area (Å²) in [6.07, 6.45) is 5.26. The van der Waals surface area contributed by atoms with Gasteiger partial charge in [-0.05, 0) is 94.8 Å². The van der Waals surface area contributed by atoms with E-state index in [0.29, 0.717) is 0 Å². The van der Waals surface area contributed by atoms with Gasteiger partial charge in [-0.3, -0.25) is 5.73 Å². The minimum Gasteiger partial charge on any atom is -0.479 e. The average Bonchev–Trinajstić information content (AvgIpc) is 3.46. The Labute approximate surface area is 278 Å². The Morgan fingerprint density at radius 3 is 1.67 bits per heavy atom. The average molecular weight is 778 g/mol. The summed E-state index contributed by atoms with van der Waals surface area (Å²) < 4.78 is 8.98. The van der Waals surface area contributed by atoms with Gasteiger partial charge in [0.05, 0.1) is 11.4 Å². The van der Waals surface area contributed by atoms with Crippen molar-refractivity contribution in [3.05, 3.63) is 131 Å². The standard InChI is InChI=1S/C13H13N2O.2C11H13N3.Os/c1-10-3-2-4-11(7-10)13-8-12(16-9-14)5-6-15-13;2*1-8-9(2)13-14(10(8)3)11-6-4-5-7-12-11;/h2-3,5-8H,9,14H2,1H3;2*4-7H,1-3H3;/q-1;;;+1. The molecule has 0 atom stereocenters. The molecule has 6 rings (SSSR count). The number of nitrogens with zero attached hydrogens (tertiary/aromatic N) is 7. The number of ether oxygens (including phenoxy) is 1. The first kappa shape index (κ1) is 35.0. The van der Waals surface area contributed by atoms with Crippen LogP contribution in [-0.4, -0.2) is 41.2 Å². The van der Waals surface area contributed by atoms with Crippen molar-refractivity contribution in [2.24, 2.45) is 5.73 Å². The molecule has 0 bridgehead atoms. The second-order valence-corrected chi connectivity index (χ2v) is 10.3. The van der Waals surface area contributed by atoms with E-state index in [-0.39, 0.29) is 26.5 Å². The monoisotopic (exact) mass is 779 g/mol. The number of hydrogen-bond acceptors (Lipinski definition) is 7. The third-order valence-corrected chi connectivity index (χ3v) is 7.25. The molecule has 5 aromatic heterocycles. The zero-order chi connectivity index (χ0) is 31.6. The van der Waals surface area contributed by atoms with Gasteiger partial charge in [0, 0.05) is 30.0 Å². The number of pyridine rings is 3. The van der Waals surface area contributed by atoms with Gasteiger partial charge in [-0.2, -0.15) is 10.2 Å². The summed E-state index contributed by atoms with van der Waals surface area (Å²) in [4.78, 5) is 12.8. The number of nitrogens with two attached hydrogens (primary N) is 1. The van der Waals surface area contributed by atoms with Gasteiger partial charge >= 0.3 is 19.8 Å². The van der Waals surface area contributed by atoms with Crippen LogP contribution in [0.5, 0.6) is 5.75 Å². The predicted octanol–water partition coefficient (Wildman–Crippen LogP) is 6.53. The summed E-state index contributed by atoms with van der Waals surface area (Å²) in [5, 5.41) is 8.87. The number of hydrogen-bond donors (Lipinski definition) is 1. The maximum atomic E-state index is 5.32. The van der Waals surface area contributed by atoms with Crippen molar-refractivity contribution in [1.82, 2.24) is 34.5 Å². The minimum atomic E-state index is 0. The van der Waals surface area contributed by atoms with Crippen LogP contribution in [0.2, 0.25) is 0 Å². The van der Waals surface area contributed by atoms with Gasteiger partial charge in [-0.1, -0.05) is 19.1 Å². The summed E-state index contributed by atoms with van der Waals surface area (Å²) in [5.41, 5.74) is 15.2. The van der Waals surface area contributed by atoms with Crippen molar-refractivity contribution in [3.8, 4) is 28.6 Å². The number of aryl methyl sites for hydroxylation is 3. The van der Waals surface area contributed by atoms with Crippen LogP contribution >= 0.6 is 0 Å². The van der Waals surface area contributed by atoms with E-state index in [2.05, 4.69) is 58.9 Å². The first-order chi connectivity index (χ1) is 21.2. The molecular weight excluding hydrogens is 739 g/mol. The molecule has 45 heavy (non-hydrogen) atoms. The van der Waals surface area contributed by atoms with Crippen LogP contribution in [-0.2, 0) is 19.8 Å². The van der Waals surface area contributed by atoms with E-state index in [0.717, 1.165) is 51.4 Å². The Kier molecular flexibility index (Phi) is 12.8. The molecule has 0 saturated heterocycles. The molecule has 0 spiro atoms. The number of benzene rings is 1. The quantitative estimate of drug-likeness (QED) is 0.157. The van der Waals surface area contributed by atoms with Crippen molar-refractivity contribution in [1.29, 1.82) is 0 Å². The van der Waals surface area contributed by atoms with Gasteiger partial charge in [0.2, 0.25) is 0 Å². The minimum absolute atomic E-state index is 0. The SMILES string of the molecule is Cc1cc[c-]c(-c2cc(OCN)ccn2)c1.Cc1nn(-c2ccccn2)c(C)c1C.Cc1nn(-c2ccccn2)c(C)c1C.[Os+]. The maximum absolute atomic E-state index is 5.32. The molecule has 0 unspecified atom stereocenters. The number of rotatable bonds is 5. The van der Waals surface area contributed by atoms with Crippen molar-refractivity contribution in [2.45, 2.75) is 48.5 Å². The van der Waals surface area contributed by atoms with Crippen molar-refractivity contribution in [2.75, 3.05) is 6.73 Å². The molecule has 0 fully saturated rings. The molecule has 0 saturated carbocycles. The van der Waals surface area contributed by atoms with E-state index in [9.17, 15) is 0 Å². The Balaban J connectivity index is 0.000000183. The molecule has 0 aliphatic carbocycles. The van der Waals surface area contributed by atoms with Crippen molar-refractivity contribution in [3.63, 3.8) is 0 Å². The zero-order valence-corrected chi connectivity index (χ0v) is 29.3. The fourth-order valence-corrected chi connectivity index (χ4v) is 4.32. The van der Waals surface area contributed by atoms with Gasteiger partial charge in [-0.25, -0.2) is 19.3 Å². The van der Waals surface area contributed by atoms with E-state index in [4.69, 9.17) is 10.5 Å². The summed E-state index contributed by atoms with van der Waals surface area (Å²) in [6.45, 7) is 14.5. The Morgan fingerprint density at radius 2 is 1.24 bits per heavy atom. The summed E-state index contributed by atoms with van der Waals surface area (Å²) in [5.74, 6) is 2.48. The molecule has 1 aromatic carbocycles. The third-order valence-electron chi connectivity index (χ3n) is 7.25. The molecule has 0 aliphatic heterocycles.